The fraction of sp³-hybridized carbons (Fsp3) is 0.250. The van der Waals surface area contributed by atoms with E-state index >= 15 is 0 Å². The van der Waals surface area contributed by atoms with Crippen molar-refractivity contribution in [2.75, 3.05) is 6.54 Å². The molecule has 1 aromatic carbocycles. The minimum atomic E-state index is 0.0334. The summed E-state index contributed by atoms with van der Waals surface area (Å²) in [5.41, 5.74) is 1.07. The first-order valence-electron chi connectivity index (χ1n) is 7.19. The third-order valence-corrected chi connectivity index (χ3v) is 4.01. The highest BCUT2D eigenvalue weighted by Gasteiger charge is 2.06. The summed E-state index contributed by atoms with van der Waals surface area (Å²) in [6.07, 6.45) is 8.30. The van der Waals surface area contributed by atoms with E-state index in [4.69, 9.17) is 0 Å². The van der Waals surface area contributed by atoms with Crippen LogP contribution in [0.4, 0.5) is 0 Å². The second-order valence-corrected chi connectivity index (χ2v) is 6.07. The number of halogens is 1. The Morgan fingerprint density at radius 2 is 2.18 bits per heavy atom. The van der Waals surface area contributed by atoms with Crippen LogP contribution in [0.15, 0.2) is 53.7 Å². The molecule has 3 rings (SSSR count). The fourth-order valence-electron chi connectivity index (χ4n) is 2.43. The zero-order chi connectivity index (χ0) is 15.4. The van der Waals surface area contributed by atoms with Gasteiger partial charge in [0.05, 0.1) is 6.33 Å². The summed E-state index contributed by atoms with van der Waals surface area (Å²) in [5, 5.41) is 4.08. The lowest BCUT2D eigenvalue weighted by Crippen LogP contribution is -2.28. The van der Waals surface area contributed by atoms with Crippen LogP contribution in [-0.2, 0) is 17.9 Å². The Hall–Kier alpha value is -2.08. The summed E-state index contributed by atoms with van der Waals surface area (Å²) < 4.78 is 5.01. The Balaban J connectivity index is 1.50. The maximum atomic E-state index is 12.0. The van der Waals surface area contributed by atoms with Gasteiger partial charge in [-0.15, -0.1) is 0 Å². The van der Waals surface area contributed by atoms with Crippen molar-refractivity contribution in [3.8, 4) is 0 Å². The SMILES string of the molecule is O=C(Cn1ccc2cc(Br)ccc21)NCCCn1ccnc1. The molecule has 6 heteroatoms. The number of nitrogens with one attached hydrogen (secondary N) is 1. The summed E-state index contributed by atoms with van der Waals surface area (Å²) >= 11 is 3.46. The summed E-state index contributed by atoms with van der Waals surface area (Å²) in [6, 6.07) is 8.08. The van der Waals surface area contributed by atoms with E-state index in [-0.39, 0.29) is 5.91 Å². The van der Waals surface area contributed by atoms with Crippen LogP contribution in [0.3, 0.4) is 0 Å². The predicted octanol–water partition coefficient (Wildman–Crippen LogP) is 2.81. The Labute approximate surface area is 137 Å². The summed E-state index contributed by atoms with van der Waals surface area (Å²) in [4.78, 5) is 16.0. The average Bonchev–Trinajstić information content (AvgIpc) is 3.14. The molecule has 3 aromatic rings. The largest absolute Gasteiger partial charge is 0.354 e. The molecule has 2 heterocycles. The molecule has 0 aliphatic carbocycles. The van der Waals surface area contributed by atoms with E-state index in [9.17, 15) is 4.79 Å². The minimum absolute atomic E-state index is 0.0334. The van der Waals surface area contributed by atoms with Gasteiger partial charge >= 0.3 is 0 Å². The van der Waals surface area contributed by atoms with Crippen molar-refractivity contribution in [2.45, 2.75) is 19.5 Å². The lowest BCUT2D eigenvalue weighted by molar-refractivity contribution is -0.121. The van der Waals surface area contributed by atoms with Crippen LogP contribution in [0.2, 0.25) is 0 Å². The van der Waals surface area contributed by atoms with Gasteiger partial charge in [-0.25, -0.2) is 4.98 Å². The van der Waals surface area contributed by atoms with Gasteiger partial charge in [-0.1, -0.05) is 15.9 Å². The monoisotopic (exact) mass is 360 g/mol. The number of hydrogen-bond acceptors (Lipinski definition) is 2. The number of rotatable bonds is 6. The Morgan fingerprint density at radius 1 is 1.27 bits per heavy atom. The molecule has 0 fully saturated rings. The molecule has 0 aliphatic heterocycles. The zero-order valence-corrected chi connectivity index (χ0v) is 13.7. The third kappa shape index (κ3) is 3.57. The number of benzene rings is 1. The Kier molecular flexibility index (Phi) is 4.58. The van der Waals surface area contributed by atoms with Gasteiger partial charge in [0.2, 0.25) is 5.91 Å². The van der Waals surface area contributed by atoms with Gasteiger partial charge < -0.3 is 14.5 Å². The van der Waals surface area contributed by atoms with Gasteiger partial charge in [-0.05, 0) is 30.7 Å². The van der Waals surface area contributed by atoms with Crippen molar-refractivity contribution in [1.29, 1.82) is 0 Å². The van der Waals surface area contributed by atoms with E-state index in [1.807, 2.05) is 39.7 Å². The molecule has 1 N–H and O–H groups in total. The molecule has 0 spiro atoms. The van der Waals surface area contributed by atoms with Crippen LogP contribution in [0.5, 0.6) is 0 Å². The quantitative estimate of drug-likeness (QED) is 0.687. The van der Waals surface area contributed by atoms with Crippen molar-refractivity contribution >= 4 is 32.7 Å². The second kappa shape index (κ2) is 6.79. The van der Waals surface area contributed by atoms with Gasteiger partial charge in [-0.2, -0.15) is 0 Å². The molecule has 0 bridgehead atoms. The number of carbonyl (C=O) groups is 1. The summed E-state index contributed by atoms with van der Waals surface area (Å²) in [7, 11) is 0. The molecule has 114 valence electrons. The number of amides is 1. The standard InChI is InChI=1S/C16H17BrN4O/c17-14-2-3-15-13(10-14)4-8-21(15)11-16(22)19-5-1-7-20-9-6-18-12-20/h2-4,6,8-10,12H,1,5,7,11H2,(H,19,22). The van der Waals surface area contributed by atoms with E-state index in [1.54, 1.807) is 12.5 Å². The molecule has 0 saturated carbocycles. The van der Waals surface area contributed by atoms with Crippen molar-refractivity contribution < 1.29 is 4.79 Å². The highest BCUT2D eigenvalue weighted by atomic mass is 79.9. The molecule has 0 atom stereocenters. The van der Waals surface area contributed by atoms with Crippen molar-refractivity contribution in [1.82, 2.24) is 19.4 Å². The van der Waals surface area contributed by atoms with Crippen LogP contribution in [0, 0.1) is 0 Å². The molecule has 22 heavy (non-hydrogen) atoms. The van der Waals surface area contributed by atoms with Crippen molar-refractivity contribution in [3.05, 3.63) is 53.7 Å². The predicted molar refractivity (Wildman–Crippen MR) is 89.5 cm³/mol. The lowest BCUT2D eigenvalue weighted by atomic mass is 10.2. The smallest absolute Gasteiger partial charge is 0.239 e. The minimum Gasteiger partial charge on any atom is -0.354 e. The molecular formula is C16H17BrN4O. The van der Waals surface area contributed by atoms with Gasteiger partial charge in [-0.3, -0.25) is 4.79 Å². The topological polar surface area (TPSA) is 51.9 Å². The molecule has 0 saturated heterocycles. The van der Waals surface area contributed by atoms with Crippen LogP contribution in [0.1, 0.15) is 6.42 Å². The van der Waals surface area contributed by atoms with Gasteiger partial charge in [0.25, 0.3) is 0 Å². The van der Waals surface area contributed by atoms with E-state index in [0.29, 0.717) is 13.1 Å². The number of fused-ring (bicyclic) bond motifs is 1. The number of hydrogen-bond donors (Lipinski definition) is 1. The number of aromatic nitrogens is 3. The third-order valence-electron chi connectivity index (χ3n) is 3.52. The fourth-order valence-corrected chi connectivity index (χ4v) is 2.81. The highest BCUT2D eigenvalue weighted by Crippen LogP contribution is 2.20. The van der Waals surface area contributed by atoms with Crippen LogP contribution in [0.25, 0.3) is 10.9 Å². The van der Waals surface area contributed by atoms with Crippen LogP contribution in [-0.4, -0.2) is 26.6 Å². The van der Waals surface area contributed by atoms with Crippen molar-refractivity contribution in [3.63, 3.8) is 0 Å². The molecule has 0 unspecified atom stereocenters. The Bertz CT molecular complexity index is 764. The number of aryl methyl sites for hydroxylation is 1. The van der Waals surface area contributed by atoms with Crippen LogP contribution >= 0.6 is 15.9 Å². The molecule has 0 radical (unpaired) electrons. The first kappa shape index (κ1) is 14.8. The first-order valence-corrected chi connectivity index (χ1v) is 7.98. The molecule has 2 aromatic heterocycles. The Morgan fingerprint density at radius 3 is 3.00 bits per heavy atom. The van der Waals surface area contributed by atoms with Gasteiger partial charge in [0.1, 0.15) is 6.54 Å². The number of nitrogens with zero attached hydrogens (tertiary/aromatic N) is 3. The highest BCUT2D eigenvalue weighted by molar-refractivity contribution is 9.10. The van der Waals surface area contributed by atoms with Crippen molar-refractivity contribution in [2.24, 2.45) is 0 Å². The molecule has 1 amide bonds. The lowest BCUT2D eigenvalue weighted by Gasteiger charge is -2.08. The second-order valence-electron chi connectivity index (χ2n) is 5.15. The zero-order valence-electron chi connectivity index (χ0n) is 12.1. The number of carbonyl (C=O) groups excluding carboxylic acids is 1. The molecular weight excluding hydrogens is 344 g/mol. The maximum Gasteiger partial charge on any atom is 0.239 e. The summed E-state index contributed by atoms with van der Waals surface area (Å²) in [5.74, 6) is 0.0334. The summed E-state index contributed by atoms with van der Waals surface area (Å²) in [6.45, 7) is 1.87. The number of imidazole rings is 1. The first-order chi connectivity index (χ1) is 10.7. The van der Waals surface area contributed by atoms with E-state index in [0.717, 1.165) is 28.3 Å². The van der Waals surface area contributed by atoms with Gasteiger partial charge in [0.15, 0.2) is 0 Å². The molecule has 5 nitrogen and oxygen atoms in total. The van der Waals surface area contributed by atoms with E-state index < -0.39 is 0 Å². The van der Waals surface area contributed by atoms with E-state index in [1.165, 1.54) is 0 Å². The maximum absolute atomic E-state index is 12.0. The normalized spacial score (nSPS) is 11.0. The van der Waals surface area contributed by atoms with Gasteiger partial charge in [0, 0.05) is 47.1 Å². The van der Waals surface area contributed by atoms with E-state index in [2.05, 4.69) is 32.3 Å². The average molecular weight is 361 g/mol. The molecule has 0 aliphatic rings. The van der Waals surface area contributed by atoms with Crippen LogP contribution < -0.4 is 5.32 Å².